The summed E-state index contributed by atoms with van der Waals surface area (Å²) in [6.45, 7) is 1.02. The molecule has 0 spiro atoms. The Hall–Kier alpha value is -2.73. The molecule has 3 heterocycles. The summed E-state index contributed by atoms with van der Waals surface area (Å²) < 4.78 is 4.93. The van der Waals surface area contributed by atoms with Gasteiger partial charge in [-0.05, 0) is 17.7 Å². The van der Waals surface area contributed by atoms with Gasteiger partial charge in [-0.3, -0.25) is 9.78 Å². The lowest BCUT2D eigenvalue weighted by molar-refractivity contribution is -0.120. The number of carbonyl (C=O) groups is 1. The predicted molar refractivity (Wildman–Crippen MR) is 87.9 cm³/mol. The van der Waals surface area contributed by atoms with E-state index in [4.69, 9.17) is 4.74 Å². The molecular formula is C17H18N4O2. The summed E-state index contributed by atoms with van der Waals surface area (Å²) in [5.41, 5.74) is 3.68. The number of carbonyl (C=O) groups excluding carboxylic acids is 1. The van der Waals surface area contributed by atoms with Gasteiger partial charge < -0.3 is 15.0 Å². The molecule has 0 unspecified atom stereocenters. The number of methoxy groups -OCH3 is 1. The van der Waals surface area contributed by atoms with Crippen LogP contribution in [0.2, 0.25) is 0 Å². The molecule has 3 aromatic rings. The van der Waals surface area contributed by atoms with E-state index in [-0.39, 0.29) is 5.91 Å². The number of ether oxygens (including phenoxy) is 1. The molecule has 6 heteroatoms. The van der Waals surface area contributed by atoms with E-state index in [1.165, 1.54) is 0 Å². The Morgan fingerprint density at radius 1 is 1.35 bits per heavy atom. The second-order valence-electron chi connectivity index (χ2n) is 5.20. The number of nitrogens with zero attached hydrogens (tertiary/aromatic N) is 2. The van der Waals surface area contributed by atoms with Crippen LogP contribution in [0.1, 0.15) is 5.56 Å². The van der Waals surface area contributed by atoms with Gasteiger partial charge in [-0.2, -0.15) is 0 Å². The molecule has 23 heavy (non-hydrogen) atoms. The lowest BCUT2D eigenvalue weighted by Gasteiger charge is -2.04. The van der Waals surface area contributed by atoms with Gasteiger partial charge in [0.25, 0.3) is 0 Å². The second kappa shape index (κ2) is 7.02. The Kier molecular flexibility index (Phi) is 4.63. The number of hydrogen-bond acceptors (Lipinski definition) is 4. The number of aromatic nitrogens is 3. The molecule has 0 radical (unpaired) electrons. The highest BCUT2D eigenvalue weighted by atomic mass is 16.5. The molecule has 0 atom stereocenters. The summed E-state index contributed by atoms with van der Waals surface area (Å²) in [5, 5.41) is 3.78. The number of nitrogens with one attached hydrogen (secondary N) is 2. The Morgan fingerprint density at radius 2 is 2.26 bits per heavy atom. The minimum Gasteiger partial charge on any atom is -0.383 e. The van der Waals surface area contributed by atoms with Crippen LogP contribution in [0.4, 0.5) is 0 Å². The fourth-order valence-electron chi connectivity index (χ4n) is 2.42. The highest BCUT2D eigenvalue weighted by Crippen LogP contribution is 2.24. The predicted octanol–water partition coefficient (Wildman–Crippen LogP) is 1.93. The Bertz CT molecular complexity index is 799. The molecular weight excluding hydrogens is 292 g/mol. The number of amides is 1. The van der Waals surface area contributed by atoms with Crippen LogP contribution in [-0.4, -0.2) is 41.1 Å². The van der Waals surface area contributed by atoms with Crippen LogP contribution in [0, 0.1) is 0 Å². The minimum atomic E-state index is -0.0327. The van der Waals surface area contributed by atoms with Gasteiger partial charge in [0.05, 0.1) is 13.0 Å². The van der Waals surface area contributed by atoms with Crippen molar-refractivity contribution in [2.45, 2.75) is 6.42 Å². The lowest BCUT2D eigenvalue weighted by atomic mass is 10.1. The van der Waals surface area contributed by atoms with E-state index in [1.54, 1.807) is 25.7 Å². The van der Waals surface area contributed by atoms with Crippen LogP contribution >= 0.6 is 0 Å². The first-order valence-electron chi connectivity index (χ1n) is 7.40. The maximum Gasteiger partial charge on any atom is 0.224 e. The Labute approximate surface area is 133 Å². The molecule has 2 N–H and O–H groups in total. The molecule has 0 saturated carbocycles. The van der Waals surface area contributed by atoms with E-state index in [9.17, 15) is 4.79 Å². The third kappa shape index (κ3) is 3.54. The van der Waals surface area contributed by atoms with Crippen LogP contribution in [0.5, 0.6) is 0 Å². The molecule has 0 saturated heterocycles. The van der Waals surface area contributed by atoms with Crippen LogP contribution in [0.25, 0.3) is 22.2 Å². The summed E-state index contributed by atoms with van der Waals surface area (Å²) in [5.74, 6) is -0.0327. The van der Waals surface area contributed by atoms with E-state index >= 15 is 0 Å². The van der Waals surface area contributed by atoms with Gasteiger partial charge in [-0.25, -0.2) is 4.98 Å². The summed E-state index contributed by atoms with van der Waals surface area (Å²) in [6.07, 6.45) is 7.48. The molecule has 118 valence electrons. The zero-order valence-corrected chi connectivity index (χ0v) is 12.9. The monoisotopic (exact) mass is 310 g/mol. The maximum atomic E-state index is 12.0. The van der Waals surface area contributed by atoms with Crippen molar-refractivity contribution < 1.29 is 9.53 Å². The van der Waals surface area contributed by atoms with Crippen molar-refractivity contribution in [2.24, 2.45) is 0 Å². The van der Waals surface area contributed by atoms with Crippen LogP contribution in [0.3, 0.4) is 0 Å². The highest BCUT2D eigenvalue weighted by Gasteiger charge is 2.10. The molecule has 1 amide bonds. The molecule has 0 aliphatic rings. The third-order valence-electron chi connectivity index (χ3n) is 3.59. The van der Waals surface area contributed by atoms with Gasteiger partial charge in [-0.1, -0.05) is 6.07 Å². The van der Waals surface area contributed by atoms with Crippen molar-refractivity contribution >= 4 is 16.9 Å². The maximum absolute atomic E-state index is 12.0. The average Bonchev–Trinajstić information content (AvgIpc) is 2.98. The Balaban J connectivity index is 1.83. The SMILES string of the molecule is COCCNC(=O)Cc1c[nH]c2ncc(-c3cccnc3)cc12. The molecule has 3 aromatic heterocycles. The fourth-order valence-corrected chi connectivity index (χ4v) is 2.42. The fraction of sp³-hybridized carbons (Fsp3) is 0.235. The van der Waals surface area contributed by atoms with Crippen molar-refractivity contribution in [1.82, 2.24) is 20.3 Å². The van der Waals surface area contributed by atoms with Crippen molar-refractivity contribution in [1.29, 1.82) is 0 Å². The zero-order chi connectivity index (χ0) is 16.1. The highest BCUT2D eigenvalue weighted by molar-refractivity contribution is 5.89. The van der Waals surface area contributed by atoms with Crippen LogP contribution in [-0.2, 0) is 16.0 Å². The van der Waals surface area contributed by atoms with E-state index in [0.29, 0.717) is 19.6 Å². The average molecular weight is 310 g/mol. The van der Waals surface area contributed by atoms with Crippen molar-refractivity contribution in [2.75, 3.05) is 20.3 Å². The standard InChI is InChI=1S/C17H18N4O2/c1-23-6-5-19-16(22)8-14-11-21-17-15(14)7-13(10-20-17)12-3-2-4-18-9-12/h2-4,7,9-11H,5-6,8H2,1H3,(H,19,22)(H,20,21). The molecule has 0 aromatic carbocycles. The summed E-state index contributed by atoms with van der Waals surface area (Å²) in [7, 11) is 1.61. The summed E-state index contributed by atoms with van der Waals surface area (Å²) in [6, 6.07) is 5.91. The molecule has 0 aliphatic heterocycles. The summed E-state index contributed by atoms with van der Waals surface area (Å²) in [4.78, 5) is 23.6. The van der Waals surface area contributed by atoms with Gasteiger partial charge in [0.2, 0.25) is 5.91 Å². The van der Waals surface area contributed by atoms with Crippen molar-refractivity contribution in [3.63, 3.8) is 0 Å². The number of aromatic amines is 1. The van der Waals surface area contributed by atoms with Gasteiger partial charge in [0.1, 0.15) is 5.65 Å². The number of rotatable bonds is 6. The normalized spacial score (nSPS) is 10.8. The smallest absolute Gasteiger partial charge is 0.224 e. The van der Waals surface area contributed by atoms with Crippen LogP contribution in [0.15, 0.2) is 43.0 Å². The first kappa shape index (κ1) is 15.2. The number of H-pyrrole nitrogens is 1. The number of fused-ring (bicyclic) bond motifs is 1. The van der Waals surface area contributed by atoms with Gasteiger partial charge in [0, 0.05) is 55.0 Å². The third-order valence-corrected chi connectivity index (χ3v) is 3.59. The van der Waals surface area contributed by atoms with E-state index < -0.39 is 0 Å². The summed E-state index contributed by atoms with van der Waals surface area (Å²) >= 11 is 0. The molecule has 0 bridgehead atoms. The van der Waals surface area contributed by atoms with Crippen molar-refractivity contribution in [3.8, 4) is 11.1 Å². The molecule has 0 aliphatic carbocycles. The molecule has 3 rings (SSSR count). The lowest BCUT2D eigenvalue weighted by Crippen LogP contribution is -2.28. The quantitative estimate of drug-likeness (QED) is 0.682. The second-order valence-corrected chi connectivity index (χ2v) is 5.20. The molecule has 6 nitrogen and oxygen atoms in total. The molecule has 0 fully saturated rings. The minimum absolute atomic E-state index is 0.0327. The van der Waals surface area contributed by atoms with E-state index in [0.717, 1.165) is 27.7 Å². The van der Waals surface area contributed by atoms with Gasteiger partial charge in [0.15, 0.2) is 0 Å². The van der Waals surface area contributed by atoms with E-state index in [2.05, 4.69) is 20.3 Å². The number of pyridine rings is 2. The largest absolute Gasteiger partial charge is 0.383 e. The van der Waals surface area contributed by atoms with Crippen molar-refractivity contribution in [3.05, 3.63) is 48.5 Å². The topological polar surface area (TPSA) is 79.9 Å². The van der Waals surface area contributed by atoms with Crippen LogP contribution < -0.4 is 5.32 Å². The first-order chi connectivity index (χ1) is 11.3. The van der Waals surface area contributed by atoms with E-state index in [1.807, 2.05) is 24.4 Å². The number of hydrogen-bond donors (Lipinski definition) is 2. The Morgan fingerprint density at radius 3 is 3.04 bits per heavy atom. The van der Waals surface area contributed by atoms with Gasteiger partial charge in [-0.15, -0.1) is 0 Å². The zero-order valence-electron chi connectivity index (χ0n) is 12.9. The van der Waals surface area contributed by atoms with Gasteiger partial charge >= 0.3 is 0 Å². The first-order valence-corrected chi connectivity index (χ1v) is 7.40.